The van der Waals surface area contributed by atoms with Gasteiger partial charge in [0.05, 0.1) is 17.3 Å². The summed E-state index contributed by atoms with van der Waals surface area (Å²) in [6, 6.07) is 4.60. The fourth-order valence-corrected chi connectivity index (χ4v) is 2.16. The van der Waals surface area contributed by atoms with Crippen LogP contribution in [-0.4, -0.2) is 15.6 Å². The van der Waals surface area contributed by atoms with Gasteiger partial charge in [-0.25, -0.2) is 8.78 Å². The maximum absolute atomic E-state index is 13.8. The number of halogens is 2. The van der Waals surface area contributed by atoms with Crippen molar-refractivity contribution in [3.8, 4) is 6.07 Å². The highest BCUT2D eigenvalue weighted by Gasteiger charge is 2.27. The molecule has 0 aliphatic rings. The summed E-state index contributed by atoms with van der Waals surface area (Å²) in [5, 5.41) is 13.3. The Bertz CT molecular complexity index is 731. The Hall–Kier alpha value is -2.55. The van der Waals surface area contributed by atoms with E-state index in [1.165, 1.54) is 10.9 Å². The fourth-order valence-electron chi connectivity index (χ4n) is 2.16. The van der Waals surface area contributed by atoms with Gasteiger partial charge in [-0.1, -0.05) is 13.0 Å². The first kappa shape index (κ1) is 14.9. The molecule has 1 aromatic heterocycles. The molecule has 21 heavy (non-hydrogen) atoms. The molecule has 0 radical (unpaired) electrons. The molecule has 0 aliphatic heterocycles. The zero-order chi connectivity index (χ0) is 15.6. The van der Waals surface area contributed by atoms with E-state index in [0.29, 0.717) is 18.2 Å². The van der Waals surface area contributed by atoms with Gasteiger partial charge in [0.2, 0.25) is 0 Å². The average Bonchev–Trinajstić information content (AvgIpc) is 2.82. The fraction of sp³-hybridized carbons (Fsp3) is 0.267. The van der Waals surface area contributed by atoms with Crippen LogP contribution >= 0.6 is 0 Å². The predicted octanol–water partition coefficient (Wildman–Crippen LogP) is 2.75. The number of rotatable bonds is 4. The summed E-state index contributed by atoms with van der Waals surface area (Å²) >= 11 is 0. The zero-order valence-electron chi connectivity index (χ0n) is 11.6. The van der Waals surface area contributed by atoms with E-state index in [9.17, 15) is 18.8 Å². The lowest BCUT2D eigenvalue weighted by Gasteiger charge is -2.09. The summed E-state index contributed by atoms with van der Waals surface area (Å²) < 4.78 is 28.2. The van der Waals surface area contributed by atoms with Gasteiger partial charge in [-0.15, -0.1) is 0 Å². The van der Waals surface area contributed by atoms with Gasteiger partial charge in [0.1, 0.15) is 17.6 Å². The minimum atomic E-state index is -1.32. The van der Waals surface area contributed by atoms with Crippen molar-refractivity contribution in [2.45, 2.75) is 19.3 Å². The van der Waals surface area contributed by atoms with E-state index in [0.717, 1.165) is 12.1 Å². The Labute approximate surface area is 120 Å². The lowest BCUT2D eigenvalue weighted by atomic mass is 9.91. The molecule has 1 unspecified atom stereocenters. The molecular weight excluding hydrogens is 276 g/mol. The molecule has 0 fully saturated rings. The Morgan fingerprint density at radius 3 is 2.76 bits per heavy atom. The summed E-state index contributed by atoms with van der Waals surface area (Å²) in [4.78, 5) is 12.5. The first-order valence-corrected chi connectivity index (χ1v) is 6.39. The van der Waals surface area contributed by atoms with Gasteiger partial charge in [0, 0.05) is 24.9 Å². The lowest BCUT2D eigenvalue weighted by Crippen LogP contribution is -2.14. The number of Topliss-reactive ketones (excluding diaryl/α,β-unsaturated/α-hetero) is 1. The summed E-state index contributed by atoms with van der Waals surface area (Å²) in [6.45, 7) is 1.83. The molecule has 1 atom stereocenters. The summed E-state index contributed by atoms with van der Waals surface area (Å²) in [5.41, 5.74) is 0.704. The van der Waals surface area contributed by atoms with Gasteiger partial charge >= 0.3 is 0 Å². The number of ketones is 1. The standard InChI is InChI=1S/C15H13F2N3O/c1-3-14-12(8-20(2)19-14)15(21)11(7-18)10-5-4-9(16)6-13(10)17/h4-6,8,11H,3H2,1-2H3. The first-order chi connectivity index (χ1) is 9.97. The highest BCUT2D eigenvalue weighted by Crippen LogP contribution is 2.25. The third-order valence-corrected chi connectivity index (χ3v) is 3.17. The maximum Gasteiger partial charge on any atom is 0.187 e. The normalized spacial score (nSPS) is 12.0. The highest BCUT2D eigenvalue weighted by molar-refractivity contribution is 6.03. The van der Waals surface area contributed by atoms with Crippen molar-refractivity contribution in [2.75, 3.05) is 0 Å². The number of carbonyl (C=O) groups is 1. The lowest BCUT2D eigenvalue weighted by molar-refractivity contribution is 0.0976. The van der Waals surface area contributed by atoms with Crippen LogP contribution < -0.4 is 0 Å². The van der Waals surface area contributed by atoms with Crippen molar-refractivity contribution in [2.24, 2.45) is 7.05 Å². The Morgan fingerprint density at radius 1 is 1.48 bits per heavy atom. The van der Waals surface area contributed by atoms with Crippen LogP contribution in [0.4, 0.5) is 8.78 Å². The van der Waals surface area contributed by atoms with E-state index in [4.69, 9.17) is 0 Å². The molecule has 0 saturated heterocycles. The number of hydrogen-bond donors (Lipinski definition) is 0. The minimum absolute atomic E-state index is 0.130. The largest absolute Gasteiger partial charge is 0.292 e. The van der Waals surface area contributed by atoms with Crippen LogP contribution in [0.15, 0.2) is 24.4 Å². The quantitative estimate of drug-likeness (QED) is 0.813. The van der Waals surface area contributed by atoms with Gasteiger partial charge < -0.3 is 0 Å². The van der Waals surface area contributed by atoms with Gasteiger partial charge in [-0.05, 0) is 12.5 Å². The summed E-state index contributed by atoms with van der Waals surface area (Å²) in [6.07, 6.45) is 2.03. The molecule has 1 heterocycles. The molecule has 0 amide bonds. The van der Waals surface area contributed by atoms with E-state index < -0.39 is 23.3 Å². The topological polar surface area (TPSA) is 58.7 Å². The molecule has 108 valence electrons. The Morgan fingerprint density at radius 2 is 2.19 bits per heavy atom. The van der Waals surface area contributed by atoms with Crippen molar-refractivity contribution < 1.29 is 13.6 Å². The second-order valence-corrected chi connectivity index (χ2v) is 4.61. The van der Waals surface area contributed by atoms with E-state index in [1.54, 1.807) is 13.1 Å². The van der Waals surface area contributed by atoms with Crippen LogP contribution in [0, 0.1) is 23.0 Å². The van der Waals surface area contributed by atoms with Crippen molar-refractivity contribution in [1.82, 2.24) is 9.78 Å². The van der Waals surface area contributed by atoms with Crippen LogP contribution in [0.5, 0.6) is 0 Å². The number of nitrogens with zero attached hydrogens (tertiary/aromatic N) is 3. The second-order valence-electron chi connectivity index (χ2n) is 4.61. The monoisotopic (exact) mass is 289 g/mol. The molecule has 0 saturated carbocycles. The molecule has 2 rings (SSSR count). The molecule has 0 bridgehead atoms. The third-order valence-electron chi connectivity index (χ3n) is 3.17. The maximum atomic E-state index is 13.8. The van der Waals surface area contributed by atoms with Gasteiger partial charge in [-0.2, -0.15) is 10.4 Å². The van der Waals surface area contributed by atoms with Gasteiger partial charge in [0.15, 0.2) is 5.78 Å². The molecular formula is C15H13F2N3O. The van der Waals surface area contributed by atoms with Crippen LogP contribution in [0.3, 0.4) is 0 Å². The van der Waals surface area contributed by atoms with Crippen molar-refractivity contribution in [3.63, 3.8) is 0 Å². The molecule has 0 N–H and O–H groups in total. The van der Waals surface area contributed by atoms with Crippen molar-refractivity contribution in [1.29, 1.82) is 5.26 Å². The number of aryl methyl sites for hydroxylation is 2. The van der Waals surface area contributed by atoms with E-state index in [-0.39, 0.29) is 11.1 Å². The molecule has 2 aromatic rings. The number of hydrogen-bond acceptors (Lipinski definition) is 3. The number of carbonyl (C=O) groups excluding carboxylic acids is 1. The van der Waals surface area contributed by atoms with E-state index in [2.05, 4.69) is 5.10 Å². The molecule has 0 spiro atoms. The highest BCUT2D eigenvalue weighted by atomic mass is 19.1. The Balaban J connectivity index is 2.46. The number of aromatic nitrogens is 2. The second kappa shape index (κ2) is 5.83. The van der Waals surface area contributed by atoms with E-state index >= 15 is 0 Å². The summed E-state index contributed by atoms with van der Waals surface area (Å²) in [7, 11) is 1.66. The average molecular weight is 289 g/mol. The van der Waals surface area contributed by atoms with Gasteiger partial charge in [0.25, 0.3) is 0 Å². The molecule has 1 aromatic carbocycles. The third kappa shape index (κ3) is 2.82. The van der Waals surface area contributed by atoms with Crippen LogP contribution in [0.1, 0.15) is 34.5 Å². The molecule has 4 nitrogen and oxygen atoms in total. The predicted molar refractivity (Wildman–Crippen MR) is 71.6 cm³/mol. The zero-order valence-corrected chi connectivity index (χ0v) is 11.6. The summed E-state index contributed by atoms with van der Waals surface area (Å²) in [5.74, 6) is -3.51. The van der Waals surface area contributed by atoms with Crippen LogP contribution in [-0.2, 0) is 13.5 Å². The molecule has 6 heteroatoms. The van der Waals surface area contributed by atoms with Crippen LogP contribution in [0.25, 0.3) is 0 Å². The van der Waals surface area contributed by atoms with Crippen molar-refractivity contribution >= 4 is 5.78 Å². The van der Waals surface area contributed by atoms with Crippen molar-refractivity contribution in [3.05, 3.63) is 52.9 Å². The number of benzene rings is 1. The SMILES string of the molecule is CCc1nn(C)cc1C(=O)C(C#N)c1ccc(F)cc1F. The first-order valence-electron chi connectivity index (χ1n) is 6.39. The number of nitriles is 1. The minimum Gasteiger partial charge on any atom is -0.292 e. The van der Waals surface area contributed by atoms with Crippen LogP contribution in [0.2, 0.25) is 0 Å². The van der Waals surface area contributed by atoms with Gasteiger partial charge in [-0.3, -0.25) is 9.48 Å². The molecule has 0 aliphatic carbocycles. The smallest absolute Gasteiger partial charge is 0.187 e. The Kier molecular flexibility index (Phi) is 4.13. The van der Waals surface area contributed by atoms with E-state index in [1.807, 2.05) is 6.92 Å².